The summed E-state index contributed by atoms with van der Waals surface area (Å²) in [6.07, 6.45) is 8.23. The van der Waals surface area contributed by atoms with E-state index in [-0.39, 0.29) is 30.3 Å². The topological polar surface area (TPSA) is 87.7 Å². The Morgan fingerprint density at radius 2 is 1.61 bits per heavy atom. The van der Waals surface area contributed by atoms with Gasteiger partial charge in [-0.25, -0.2) is 0 Å². The van der Waals surface area contributed by atoms with Crippen LogP contribution in [0, 0.1) is 11.8 Å². The van der Waals surface area contributed by atoms with E-state index >= 15 is 0 Å². The Morgan fingerprint density at radius 1 is 0.947 bits per heavy atom. The first-order chi connectivity index (χ1) is 18.4. The van der Waals surface area contributed by atoms with E-state index in [9.17, 15) is 14.4 Å². The fourth-order valence-electron chi connectivity index (χ4n) is 6.51. The van der Waals surface area contributed by atoms with Gasteiger partial charge < -0.3 is 20.3 Å². The molecular weight excluding hydrogens is 525 g/mol. The van der Waals surface area contributed by atoms with Gasteiger partial charge in [0.05, 0.1) is 17.9 Å². The van der Waals surface area contributed by atoms with Crippen LogP contribution in [-0.4, -0.2) is 46.4 Å². The van der Waals surface area contributed by atoms with Crippen molar-refractivity contribution in [2.75, 3.05) is 5.32 Å². The molecule has 5 unspecified atom stereocenters. The number of likely N-dealkylation sites (tertiary alicyclic amines) is 1. The molecule has 9 heteroatoms. The summed E-state index contributed by atoms with van der Waals surface area (Å²) >= 11 is 12.1. The molecule has 1 aliphatic carbocycles. The first kappa shape index (κ1) is 25.4. The summed E-state index contributed by atoms with van der Waals surface area (Å²) in [6, 6.07) is 13.2. The second-order valence-electron chi connectivity index (χ2n) is 10.6. The molecule has 4 aliphatic rings. The van der Waals surface area contributed by atoms with Gasteiger partial charge in [-0.3, -0.25) is 14.4 Å². The molecule has 3 heterocycles. The van der Waals surface area contributed by atoms with Crippen LogP contribution in [0.25, 0.3) is 0 Å². The van der Waals surface area contributed by atoms with Crippen molar-refractivity contribution >= 4 is 46.6 Å². The number of nitrogens with one attached hydrogen (secondary N) is 2. The zero-order valence-electron chi connectivity index (χ0n) is 20.7. The highest BCUT2D eigenvalue weighted by atomic mass is 35.5. The van der Waals surface area contributed by atoms with Gasteiger partial charge in [0.15, 0.2) is 0 Å². The van der Waals surface area contributed by atoms with Crippen LogP contribution < -0.4 is 10.6 Å². The number of ether oxygens (including phenoxy) is 1. The maximum absolute atomic E-state index is 14.1. The lowest BCUT2D eigenvalue weighted by atomic mass is 9.74. The van der Waals surface area contributed by atoms with Gasteiger partial charge in [-0.05, 0) is 54.8 Å². The molecule has 1 spiro atoms. The van der Waals surface area contributed by atoms with Gasteiger partial charge in [-0.2, -0.15) is 0 Å². The van der Waals surface area contributed by atoms with Crippen molar-refractivity contribution in [1.29, 1.82) is 0 Å². The fraction of sp³-hybridized carbons (Fsp3) is 0.414. The molecule has 7 nitrogen and oxygen atoms in total. The van der Waals surface area contributed by atoms with E-state index in [4.69, 9.17) is 27.9 Å². The lowest BCUT2D eigenvalue weighted by Crippen LogP contribution is -2.56. The Hall–Kier alpha value is -2.87. The fourth-order valence-corrected chi connectivity index (χ4v) is 6.76. The third kappa shape index (κ3) is 4.40. The van der Waals surface area contributed by atoms with Crippen LogP contribution in [0.4, 0.5) is 5.69 Å². The average molecular weight is 554 g/mol. The van der Waals surface area contributed by atoms with Crippen LogP contribution in [0.15, 0.2) is 60.7 Å². The SMILES string of the molecule is O=C(Nc1ccc(Cl)cc1)C1C2C=CC3(O2)C1C(=O)N(Cc1ccc(Cl)cc1)C3C(=O)NC1CCCCC1. The molecule has 5 atom stereocenters. The number of amides is 3. The molecule has 2 aromatic carbocycles. The Kier molecular flexibility index (Phi) is 6.70. The van der Waals surface area contributed by atoms with Crippen LogP contribution in [0.3, 0.4) is 0 Å². The molecule has 0 radical (unpaired) electrons. The minimum Gasteiger partial charge on any atom is -0.359 e. The van der Waals surface area contributed by atoms with Crippen molar-refractivity contribution in [3.8, 4) is 0 Å². The normalized spacial score (nSPS) is 29.9. The van der Waals surface area contributed by atoms with E-state index in [1.54, 1.807) is 41.3 Å². The van der Waals surface area contributed by atoms with Crippen molar-refractivity contribution in [1.82, 2.24) is 10.2 Å². The zero-order valence-corrected chi connectivity index (χ0v) is 22.3. The van der Waals surface area contributed by atoms with Gasteiger partial charge >= 0.3 is 0 Å². The van der Waals surface area contributed by atoms with Crippen molar-refractivity contribution < 1.29 is 19.1 Å². The first-order valence-corrected chi connectivity index (χ1v) is 13.9. The molecule has 1 saturated carbocycles. The summed E-state index contributed by atoms with van der Waals surface area (Å²) in [5.41, 5.74) is 0.222. The summed E-state index contributed by atoms with van der Waals surface area (Å²) in [5, 5.41) is 7.26. The predicted octanol–water partition coefficient (Wildman–Crippen LogP) is 4.73. The number of fused-ring (bicyclic) bond motifs is 1. The zero-order chi connectivity index (χ0) is 26.4. The monoisotopic (exact) mass is 553 g/mol. The van der Waals surface area contributed by atoms with E-state index in [2.05, 4.69) is 10.6 Å². The number of halogens is 2. The van der Waals surface area contributed by atoms with E-state index in [0.29, 0.717) is 15.7 Å². The van der Waals surface area contributed by atoms with Crippen LogP contribution in [-0.2, 0) is 25.7 Å². The maximum atomic E-state index is 14.1. The van der Waals surface area contributed by atoms with Gasteiger partial charge in [0.1, 0.15) is 11.6 Å². The minimum absolute atomic E-state index is 0.0748. The van der Waals surface area contributed by atoms with Gasteiger partial charge in [0.25, 0.3) is 0 Å². The highest BCUT2D eigenvalue weighted by Gasteiger charge is 2.72. The van der Waals surface area contributed by atoms with Crippen molar-refractivity contribution in [3.05, 3.63) is 76.3 Å². The lowest BCUT2D eigenvalue weighted by molar-refractivity contribution is -0.142. The quantitative estimate of drug-likeness (QED) is 0.506. The number of carbonyl (C=O) groups excluding carboxylic acids is 3. The van der Waals surface area contributed by atoms with E-state index in [1.807, 2.05) is 24.3 Å². The number of anilines is 1. The maximum Gasteiger partial charge on any atom is 0.246 e. The molecule has 2 aromatic rings. The van der Waals surface area contributed by atoms with Gasteiger partial charge in [-0.1, -0.05) is 66.7 Å². The third-order valence-corrected chi connectivity index (χ3v) is 8.76. The molecule has 3 amide bonds. The van der Waals surface area contributed by atoms with Crippen LogP contribution in [0.1, 0.15) is 37.7 Å². The minimum atomic E-state index is -1.20. The molecule has 198 valence electrons. The second kappa shape index (κ2) is 10.0. The Labute approximate surface area is 231 Å². The predicted molar refractivity (Wildman–Crippen MR) is 145 cm³/mol. The lowest BCUT2D eigenvalue weighted by Gasteiger charge is -2.34. The highest BCUT2D eigenvalue weighted by molar-refractivity contribution is 6.30. The number of nitrogens with zero attached hydrogens (tertiary/aromatic N) is 1. The molecule has 38 heavy (non-hydrogen) atoms. The number of hydrogen-bond donors (Lipinski definition) is 2. The Morgan fingerprint density at radius 3 is 2.29 bits per heavy atom. The number of benzene rings is 2. The molecule has 2 saturated heterocycles. The second-order valence-corrected chi connectivity index (χ2v) is 11.5. The van der Waals surface area contributed by atoms with Crippen LogP contribution in [0.2, 0.25) is 10.0 Å². The number of carbonyl (C=O) groups is 3. The molecule has 3 aliphatic heterocycles. The van der Waals surface area contributed by atoms with Crippen molar-refractivity contribution in [2.24, 2.45) is 11.8 Å². The third-order valence-electron chi connectivity index (χ3n) is 8.25. The molecule has 0 aromatic heterocycles. The number of hydrogen-bond acceptors (Lipinski definition) is 4. The average Bonchev–Trinajstić information content (AvgIpc) is 3.55. The largest absolute Gasteiger partial charge is 0.359 e. The van der Waals surface area contributed by atoms with Gasteiger partial charge in [0.2, 0.25) is 17.7 Å². The number of rotatable bonds is 6. The van der Waals surface area contributed by atoms with Crippen LogP contribution >= 0.6 is 23.2 Å². The molecule has 3 fully saturated rings. The Balaban J connectivity index is 1.32. The summed E-state index contributed by atoms with van der Waals surface area (Å²) < 4.78 is 6.42. The molecule has 2 bridgehead atoms. The summed E-state index contributed by atoms with van der Waals surface area (Å²) in [4.78, 5) is 43.1. The first-order valence-electron chi connectivity index (χ1n) is 13.1. The molecule has 2 N–H and O–H groups in total. The smallest absolute Gasteiger partial charge is 0.246 e. The van der Waals surface area contributed by atoms with Crippen LogP contribution in [0.5, 0.6) is 0 Å². The van der Waals surface area contributed by atoms with E-state index in [1.165, 1.54) is 6.42 Å². The van der Waals surface area contributed by atoms with Gasteiger partial charge in [0, 0.05) is 28.3 Å². The molecule has 6 rings (SSSR count). The summed E-state index contributed by atoms with van der Waals surface area (Å²) in [6.45, 7) is 0.213. The molecular formula is C29H29Cl2N3O4. The van der Waals surface area contributed by atoms with Crippen molar-refractivity contribution in [3.63, 3.8) is 0 Å². The van der Waals surface area contributed by atoms with E-state index in [0.717, 1.165) is 31.2 Å². The standard InChI is InChI=1S/C29H29Cl2N3O4/c30-18-8-6-17(7-9-18)16-34-25(27(36)33-20-4-2-1-3-5-20)29-15-14-22(38-29)23(24(29)28(34)37)26(35)32-21-12-10-19(31)11-13-21/h6-15,20,22-25H,1-5,16H2,(H,32,35)(H,33,36). The summed E-state index contributed by atoms with van der Waals surface area (Å²) in [7, 11) is 0. The van der Waals surface area contributed by atoms with Crippen molar-refractivity contribution in [2.45, 2.75) is 62.4 Å². The Bertz CT molecular complexity index is 1280. The summed E-state index contributed by atoms with van der Waals surface area (Å²) in [5.74, 6) is -2.37. The van der Waals surface area contributed by atoms with Gasteiger partial charge in [-0.15, -0.1) is 0 Å². The highest BCUT2D eigenvalue weighted by Crippen LogP contribution is 2.55. The van der Waals surface area contributed by atoms with E-state index < -0.39 is 29.6 Å².